The van der Waals surface area contributed by atoms with Crippen molar-refractivity contribution >= 4 is 27.5 Å². The molecule has 0 atom stereocenters. The van der Waals surface area contributed by atoms with Crippen molar-refractivity contribution < 1.29 is 9.53 Å². The molecule has 0 bridgehead atoms. The smallest absolute Gasteiger partial charge is 0.228 e. The van der Waals surface area contributed by atoms with Gasteiger partial charge in [0, 0.05) is 4.47 Å². The molecule has 0 aliphatic heterocycles. The van der Waals surface area contributed by atoms with Crippen LogP contribution in [-0.2, 0) is 11.2 Å². The second-order valence-corrected chi connectivity index (χ2v) is 5.30. The van der Waals surface area contributed by atoms with Crippen LogP contribution in [0.15, 0.2) is 46.9 Å². The van der Waals surface area contributed by atoms with E-state index in [9.17, 15) is 4.79 Å². The molecule has 0 heterocycles. The van der Waals surface area contributed by atoms with E-state index in [4.69, 9.17) is 4.74 Å². The van der Waals surface area contributed by atoms with Gasteiger partial charge in [0.15, 0.2) is 0 Å². The second-order valence-electron chi connectivity index (χ2n) is 4.51. The van der Waals surface area contributed by atoms with Gasteiger partial charge in [-0.05, 0) is 52.2 Å². The summed E-state index contributed by atoms with van der Waals surface area (Å²) in [4.78, 5) is 12.0. The Morgan fingerprint density at radius 3 is 2.55 bits per heavy atom. The van der Waals surface area contributed by atoms with E-state index in [-0.39, 0.29) is 5.91 Å². The molecule has 2 rings (SSSR count). The van der Waals surface area contributed by atoms with Gasteiger partial charge in [-0.1, -0.05) is 24.3 Å². The molecule has 0 radical (unpaired) electrons. The van der Waals surface area contributed by atoms with Crippen LogP contribution in [0.25, 0.3) is 0 Å². The highest BCUT2D eigenvalue weighted by Gasteiger charge is 2.08. The van der Waals surface area contributed by atoms with Crippen LogP contribution in [0.3, 0.4) is 0 Å². The molecule has 0 saturated carbocycles. The molecule has 0 aliphatic carbocycles. The number of anilines is 1. The molecule has 0 spiro atoms. The van der Waals surface area contributed by atoms with Gasteiger partial charge in [0.1, 0.15) is 5.75 Å². The molecular weight excluding hydrogens is 318 g/mol. The number of benzene rings is 2. The Balaban J connectivity index is 2.03. The summed E-state index contributed by atoms with van der Waals surface area (Å²) in [5, 5.41) is 2.91. The molecule has 0 unspecified atom stereocenters. The monoisotopic (exact) mass is 333 g/mol. The molecule has 0 aliphatic rings. The molecule has 104 valence electrons. The van der Waals surface area contributed by atoms with E-state index in [0.717, 1.165) is 27.0 Å². The number of carbonyl (C=O) groups excluding carboxylic acids is 1. The number of aryl methyl sites for hydroxylation is 1. The van der Waals surface area contributed by atoms with Gasteiger partial charge in [-0.3, -0.25) is 4.79 Å². The quantitative estimate of drug-likeness (QED) is 0.919. The van der Waals surface area contributed by atoms with E-state index in [1.165, 1.54) is 0 Å². The summed E-state index contributed by atoms with van der Waals surface area (Å²) < 4.78 is 6.01. The van der Waals surface area contributed by atoms with Gasteiger partial charge < -0.3 is 10.1 Å². The maximum atomic E-state index is 12.0. The van der Waals surface area contributed by atoms with Gasteiger partial charge in [0.25, 0.3) is 0 Å². The number of hydrogen-bond acceptors (Lipinski definition) is 2. The number of hydrogen-bond donors (Lipinski definition) is 1. The molecule has 0 aromatic heterocycles. The first-order chi connectivity index (χ1) is 9.60. The lowest BCUT2D eigenvalue weighted by molar-refractivity contribution is -0.115. The normalized spacial score (nSPS) is 10.2. The summed E-state index contributed by atoms with van der Waals surface area (Å²) in [6.07, 6.45) is 0.338. The van der Waals surface area contributed by atoms with Crippen LogP contribution in [0, 0.1) is 6.92 Å². The standard InChI is InChI=1S/C16H16BrNO2/c1-11-4-3-5-14(16(11)17)18-15(19)10-12-6-8-13(20-2)9-7-12/h3-9H,10H2,1-2H3,(H,18,19). The van der Waals surface area contributed by atoms with Crippen molar-refractivity contribution in [1.29, 1.82) is 0 Å². The second kappa shape index (κ2) is 6.57. The van der Waals surface area contributed by atoms with Crippen LogP contribution < -0.4 is 10.1 Å². The number of halogens is 1. The molecule has 3 nitrogen and oxygen atoms in total. The number of methoxy groups -OCH3 is 1. The van der Waals surface area contributed by atoms with E-state index in [1.807, 2.05) is 49.4 Å². The average Bonchev–Trinajstić information content (AvgIpc) is 2.45. The zero-order valence-electron chi connectivity index (χ0n) is 11.4. The van der Waals surface area contributed by atoms with Gasteiger partial charge >= 0.3 is 0 Å². The first-order valence-corrected chi connectivity index (χ1v) is 7.07. The number of carbonyl (C=O) groups is 1. The van der Waals surface area contributed by atoms with Crippen molar-refractivity contribution in [2.24, 2.45) is 0 Å². The van der Waals surface area contributed by atoms with Crippen LogP contribution in [0.2, 0.25) is 0 Å². The summed E-state index contributed by atoms with van der Waals surface area (Å²) in [5.41, 5.74) is 2.84. The topological polar surface area (TPSA) is 38.3 Å². The first-order valence-electron chi connectivity index (χ1n) is 6.28. The van der Waals surface area contributed by atoms with Crippen LogP contribution in [-0.4, -0.2) is 13.0 Å². The van der Waals surface area contributed by atoms with Crippen molar-refractivity contribution in [3.63, 3.8) is 0 Å². The lowest BCUT2D eigenvalue weighted by Crippen LogP contribution is -2.14. The highest BCUT2D eigenvalue weighted by molar-refractivity contribution is 9.10. The number of nitrogens with one attached hydrogen (secondary N) is 1. The minimum Gasteiger partial charge on any atom is -0.497 e. The molecule has 2 aromatic carbocycles. The third kappa shape index (κ3) is 3.61. The lowest BCUT2D eigenvalue weighted by atomic mass is 10.1. The molecule has 0 fully saturated rings. The molecule has 1 N–H and O–H groups in total. The summed E-state index contributed by atoms with van der Waals surface area (Å²) in [5.74, 6) is 0.747. The van der Waals surface area contributed by atoms with Gasteiger partial charge in [0.2, 0.25) is 5.91 Å². The maximum absolute atomic E-state index is 12.0. The largest absolute Gasteiger partial charge is 0.497 e. The Morgan fingerprint density at radius 2 is 1.90 bits per heavy atom. The predicted octanol–water partition coefficient (Wildman–Crippen LogP) is 3.95. The summed E-state index contributed by atoms with van der Waals surface area (Å²) >= 11 is 3.48. The minimum atomic E-state index is -0.0403. The Labute approximate surface area is 127 Å². The highest BCUT2D eigenvalue weighted by atomic mass is 79.9. The lowest BCUT2D eigenvalue weighted by Gasteiger charge is -2.09. The Hall–Kier alpha value is -1.81. The van der Waals surface area contributed by atoms with E-state index in [0.29, 0.717) is 6.42 Å². The van der Waals surface area contributed by atoms with E-state index in [2.05, 4.69) is 21.2 Å². The van der Waals surface area contributed by atoms with Crippen molar-refractivity contribution in [3.05, 3.63) is 58.1 Å². The molecular formula is C16H16BrNO2. The summed E-state index contributed by atoms with van der Waals surface area (Å²) in [7, 11) is 1.62. The van der Waals surface area contributed by atoms with E-state index < -0.39 is 0 Å². The van der Waals surface area contributed by atoms with Crippen molar-refractivity contribution in [2.45, 2.75) is 13.3 Å². The zero-order chi connectivity index (χ0) is 14.5. The fourth-order valence-electron chi connectivity index (χ4n) is 1.87. The molecule has 0 saturated heterocycles. The van der Waals surface area contributed by atoms with Crippen LogP contribution in [0.5, 0.6) is 5.75 Å². The number of amides is 1. The van der Waals surface area contributed by atoms with Crippen LogP contribution >= 0.6 is 15.9 Å². The number of ether oxygens (including phenoxy) is 1. The predicted molar refractivity (Wildman–Crippen MR) is 84.2 cm³/mol. The number of rotatable bonds is 4. The van der Waals surface area contributed by atoms with Crippen molar-refractivity contribution in [2.75, 3.05) is 12.4 Å². The van der Waals surface area contributed by atoms with Crippen molar-refractivity contribution in [1.82, 2.24) is 0 Å². The fraction of sp³-hybridized carbons (Fsp3) is 0.188. The molecule has 2 aromatic rings. The Bertz CT molecular complexity index is 608. The van der Waals surface area contributed by atoms with Gasteiger partial charge in [-0.2, -0.15) is 0 Å². The van der Waals surface area contributed by atoms with Gasteiger partial charge in [-0.25, -0.2) is 0 Å². The Morgan fingerprint density at radius 1 is 1.20 bits per heavy atom. The average molecular weight is 334 g/mol. The zero-order valence-corrected chi connectivity index (χ0v) is 13.0. The fourth-order valence-corrected chi connectivity index (χ4v) is 2.23. The SMILES string of the molecule is COc1ccc(CC(=O)Nc2cccc(C)c2Br)cc1. The van der Waals surface area contributed by atoms with Gasteiger partial charge in [0.05, 0.1) is 19.2 Å². The Kier molecular flexibility index (Phi) is 4.79. The molecule has 20 heavy (non-hydrogen) atoms. The third-order valence-electron chi connectivity index (χ3n) is 2.99. The van der Waals surface area contributed by atoms with Crippen LogP contribution in [0.1, 0.15) is 11.1 Å². The third-order valence-corrected chi connectivity index (χ3v) is 4.04. The van der Waals surface area contributed by atoms with Crippen LogP contribution in [0.4, 0.5) is 5.69 Å². The molecule has 1 amide bonds. The first kappa shape index (κ1) is 14.6. The van der Waals surface area contributed by atoms with E-state index in [1.54, 1.807) is 7.11 Å². The minimum absolute atomic E-state index is 0.0403. The van der Waals surface area contributed by atoms with E-state index >= 15 is 0 Å². The van der Waals surface area contributed by atoms with Crippen molar-refractivity contribution in [3.8, 4) is 5.75 Å². The highest BCUT2D eigenvalue weighted by Crippen LogP contribution is 2.25. The maximum Gasteiger partial charge on any atom is 0.228 e. The summed E-state index contributed by atoms with van der Waals surface area (Å²) in [6, 6.07) is 13.3. The van der Waals surface area contributed by atoms with Gasteiger partial charge in [-0.15, -0.1) is 0 Å². The summed E-state index contributed by atoms with van der Waals surface area (Å²) in [6.45, 7) is 1.99. The molecule has 4 heteroatoms.